The van der Waals surface area contributed by atoms with Gasteiger partial charge in [0.25, 0.3) is 0 Å². The van der Waals surface area contributed by atoms with Crippen LogP contribution < -0.4 is 0 Å². The Morgan fingerprint density at radius 3 is 2.59 bits per heavy atom. The molecule has 1 aromatic rings. The minimum Gasteiger partial charge on any atom is -0.449 e. The molecule has 2 bridgehead atoms. The Kier molecular flexibility index (Phi) is 6.62. The fraction of sp³-hybridized carbons (Fsp3) is 0.714. The molecule has 3 fully saturated rings. The summed E-state index contributed by atoms with van der Waals surface area (Å²) in [5, 5.41) is 0. The molecule has 3 saturated heterocycles. The lowest BCUT2D eigenvalue weighted by molar-refractivity contribution is -0.131. The van der Waals surface area contributed by atoms with Crippen molar-refractivity contribution in [2.45, 2.75) is 95.8 Å². The number of carbonyl (C=O) groups is 2. The predicted molar refractivity (Wildman–Crippen MR) is 132 cm³/mol. The number of hydrogen-bond acceptors (Lipinski definition) is 4. The van der Waals surface area contributed by atoms with Crippen LogP contribution in [-0.4, -0.2) is 71.1 Å². The van der Waals surface area contributed by atoms with Crippen LogP contribution in [0.15, 0.2) is 24.3 Å². The Morgan fingerprint density at radius 1 is 1.09 bits per heavy atom. The molecular weight excluding hydrogens is 426 g/mol. The van der Waals surface area contributed by atoms with Gasteiger partial charge in [-0.25, -0.2) is 4.79 Å². The van der Waals surface area contributed by atoms with Gasteiger partial charge < -0.3 is 19.4 Å². The van der Waals surface area contributed by atoms with Crippen molar-refractivity contribution in [1.82, 2.24) is 14.7 Å². The van der Waals surface area contributed by atoms with Crippen LogP contribution in [0.25, 0.3) is 0 Å². The van der Waals surface area contributed by atoms with E-state index in [-0.39, 0.29) is 17.4 Å². The number of fused-ring (bicyclic) bond motifs is 4. The van der Waals surface area contributed by atoms with Crippen LogP contribution in [0, 0.1) is 5.92 Å². The quantitative estimate of drug-likeness (QED) is 0.654. The fourth-order valence-corrected chi connectivity index (χ4v) is 7.40. The number of amides is 2. The van der Waals surface area contributed by atoms with Crippen molar-refractivity contribution >= 4 is 12.0 Å². The van der Waals surface area contributed by atoms with Gasteiger partial charge in [0.05, 0.1) is 6.61 Å². The smallest absolute Gasteiger partial charge is 0.410 e. The molecule has 34 heavy (non-hydrogen) atoms. The van der Waals surface area contributed by atoms with Crippen LogP contribution in [0.3, 0.4) is 0 Å². The number of benzene rings is 1. The van der Waals surface area contributed by atoms with Crippen molar-refractivity contribution in [1.29, 1.82) is 0 Å². The normalized spacial score (nSPS) is 30.7. The lowest BCUT2D eigenvalue weighted by atomic mass is 9.68. The van der Waals surface area contributed by atoms with Gasteiger partial charge in [0.15, 0.2) is 0 Å². The van der Waals surface area contributed by atoms with Crippen molar-refractivity contribution in [2.24, 2.45) is 5.92 Å². The summed E-state index contributed by atoms with van der Waals surface area (Å²) < 4.78 is 5.58. The van der Waals surface area contributed by atoms with Crippen molar-refractivity contribution in [3.8, 4) is 0 Å². The number of piperidine rings is 1. The molecule has 0 aromatic heterocycles. The molecule has 0 saturated carbocycles. The highest BCUT2D eigenvalue weighted by Gasteiger charge is 2.48. The zero-order chi connectivity index (χ0) is 23.9. The zero-order valence-electron chi connectivity index (χ0n) is 21.2. The monoisotopic (exact) mass is 467 g/mol. The van der Waals surface area contributed by atoms with Gasteiger partial charge in [-0.1, -0.05) is 38.1 Å². The highest BCUT2D eigenvalue weighted by atomic mass is 16.6. The van der Waals surface area contributed by atoms with Gasteiger partial charge in [-0.05, 0) is 75.1 Å². The molecule has 6 nitrogen and oxygen atoms in total. The van der Waals surface area contributed by atoms with Crippen LogP contribution in [-0.2, 0) is 21.5 Å². The summed E-state index contributed by atoms with van der Waals surface area (Å²) in [6, 6.07) is 9.92. The van der Waals surface area contributed by atoms with Crippen LogP contribution in [0.1, 0.15) is 76.8 Å². The van der Waals surface area contributed by atoms with Crippen molar-refractivity contribution in [2.75, 3.05) is 26.2 Å². The first-order valence-corrected chi connectivity index (χ1v) is 13.4. The molecule has 1 aromatic carbocycles. The maximum atomic E-state index is 12.9. The molecule has 4 heterocycles. The van der Waals surface area contributed by atoms with Crippen molar-refractivity contribution < 1.29 is 14.3 Å². The Hall–Kier alpha value is -2.08. The van der Waals surface area contributed by atoms with Gasteiger partial charge in [0.2, 0.25) is 5.91 Å². The third-order valence-corrected chi connectivity index (χ3v) is 9.19. The van der Waals surface area contributed by atoms with Gasteiger partial charge in [0, 0.05) is 43.6 Å². The van der Waals surface area contributed by atoms with E-state index in [9.17, 15) is 9.59 Å². The van der Waals surface area contributed by atoms with Crippen LogP contribution in [0.4, 0.5) is 4.79 Å². The van der Waals surface area contributed by atoms with Gasteiger partial charge in [-0.15, -0.1) is 0 Å². The summed E-state index contributed by atoms with van der Waals surface area (Å²) >= 11 is 0. The van der Waals surface area contributed by atoms with Crippen molar-refractivity contribution in [3.05, 3.63) is 35.4 Å². The molecule has 4 unspecified atom stereocenters. The first kappa shape index (κ1) is 23.7. The van der Waals surface area contributed by atoms with E-state index in [2.05, 4.69) is 41.0 Å². The molecule has 0 N–H and O–H groups in total. The summed E-state index contributed by atoms with van der Waals surface area (Å²) in [5.41, 5.74) is 2.85. The van der Waals surface area contributed by atoms with Crippen LogP contribution in [0.5, 0.6) is 0 Å². The lowest BCUT2D eigenvalue weighted by Gasteiger charge is -2.50. The van der Waals surface area contributed by atoms with E-state index in [0.717, 1.165) is 71.1 Å². The van der Waals surface area contributed by atoms with E-state index in [0.29, 0.717) is 30.7 Å². The second-order valence-electron chi connectivity index (χ2n) is 11.3. The minimum absolute atomic E-state index is 0.0718. The molecule has 2 amide bonds. The average Bonchev–Trinajstić information content (AvgIpc) is 3.20. The average molecular weight is 468 g/mol. The SMILES string of the molecule is CCCOC(=O)N1C2CCC1C(C)CC(N1CCC3(CC1)CN(C(C)=O)Cc1ccccc13)C2. The highest BCUT2D eigenvalue weighted by molar-refractivity contribution is 5.74. The molecule has 6 heteroatoms. The Morgan fingerprint density at radius 2 is 1.85 bits per heavy atom. The summed E-state index contributed by atoms with van der Waals surface area (Å²) in [4.78, 5) is 32.0. The Balaban J connectivity index is 1.30. The molecule has 4 aliphatic rings. The number of rotatable bonds is 3. The minimum atomic E-state index is -0.0948. The van der Waals surface area contributed by atoms with E-state index in [1.54, 1.807) is 6.92 Å². The molecule has 0 aliphatic carbocycles. The van der Waals surface area contributed by atoms with Crippen molar-refractivity contribution in [3.63, 3.8) is 0 Å². The largest absolute Gasteiger partial charge is 0.449 e. The fourth-order valence-electron chi connectivity index (χ4n) is 7.40. The molecule has 4 atom stereocenters. The Bertz CT molecular complexity index is 910. The maximum Gasteiger partial charge on any atom is 0.410 e. The first-order valence-electron chi connectivity index (χ1n) is 13.4. The molecule has 4 aliphatic heterocycles. The molecule has 0 radical (unpaired) electrons. The van der Waals surface area contributed by atoms with E-state index in [4.69, 9.17) is 4.74 Å². The second kappa shape index (κ2) is 9.52. The summed E-state index contributed by atoms with van der Waals surface area (Å²) in [5.74, 6) is 0.672. The van der Waals surface area contributed by atoms with E-state index in [1.165, 1.54) is 11.1 Å². The number of nitrogens with zero attached hydrogens (tertiary/aromatic N) is 3. The molecule has 5 rings (SSSR count). The zero-order valence-corrected chi connectivity index (χ0v) is 21.2. The van der Waals surface area contributed by atoms with E-state index >= 15 is 0 Å². The van der Waals surface area contributed by atoms with Gasteiger partial charge >= 0.3 is 6.09 Å². The third kappa shape index (κ3) is 4.23. The first-order chi connectivity index (χ1) is 16.4. The number of carbonyl (C=O) groups excluding carboxylic acids is 2. The molecule has 1 spiro atoms. The summed E-state index contributed by atoms with van der Waals surface area (Å²) in [6.07, 6.45) is 7.39. The number of ether oxygens (including phenoxy) is 1. The second-order valence-corrected chi connectivity index (χ2v) is 11.3. The third-order valence-electron chi connectivity index (χ3n) is 9.19. The summed E-state index contributed by atoms with van der Waals surface area (Å²) in [6.45, 7) is 10.3. The summed E-state index contributed by atoms with van der Waals surface area (Å²) in [7, 11) is 0. The lowest BCUT2D eigenvalue weighted by Crippen LogP contribution is -2.54. The molecule has 186 valence electrons. The van der Waals surface area contributed by atoms with Gasteiger partial charge in [0.1, 0.15) is 0 Å². The number of likely N-dealkylation sites (tertiary alicyclic amines) is 1. The van der Waals surface area contributed by atoms with Crippen LogP contribution in [0.2, 0.25) is 0 Å². The molecular formula is C28H41N3O3. The predicted octanol–water partition coefficient (Wildman–Crippen LogP) is 4.56. The standard InChI is InChI=1S/C28H41N3O3/c1-4-15-34-27(33)31-23-9-10-26(31)20(2)16-24(17-23)29-13-11-28(12-14-29)19-30(21(3)32)18-22-7-5-6-8-25(22)28/h5-8,20,23-24,26H,4,9-19H2,1-3H3. The van der Waals surface area contributed by atoms with E-state index < -0.39 is 0 Å². The Labute approximate surface area is 204 Å². The highest BCUT2D eigenvalue weighted by Crippen LogP contribution is 2.44. The van der Waals surface area contributed by atoms with Gasteiger partial charge in [-0.3, -0.25) is 4.79 Å². The topological polar surface area (TPSA) is 53.1 Å². The maximum absolute atomic E-state index is 12.9. The number of hydrogen-bond donors (Lipinski definition) is 0. The van der Waals surface area contributed by atoms with Crippen LogP contribution >= 0.6 is 0 Å². The van der Waals surface area contributed by atoms with E-state index in [1.807, 2.05) is 11.8 Å². The van der Waals surface area contributed by atoms with Gasteiger partial charge in [-0.2, -0.15) is 0 Å².